The van der Waals surface area contributed by atoms with Crippen molar-refractivity contribution in [2.45, 2.75) is 19.7 Å². The van der Waals surface area contributed by atoms with Crippen molar-refractivity contribution in [1.82, 2.24) is 19.7 Å². The first-order chi connectivity index (χ1) is 15.0. The number of nitrogens with zero attached hydrogens (tertiary/aromatic N) is 3. The van der Waals surface area contributed by atoms with Crippen LogP contribution in [0.2, 0.25) is 5.02 Å². The molecule has 0 aliphatic carbocycles. The van der Waals surface area contributed by atoms with Crippen molar-refractivity contribution in [2.75, 3.05) is 0 Å². The number of halogens is 2. The Balaban J connectivity index is 1.35. The maximum absolute atomic E-state index is 12.6. The molecule has 1 unspecified atom stereocenters. The largest absolute Gasteiger partial charge is 0.470 e. The van der Waals surface area contributed by atoms with Gasteiger partial charge in [-0.2, -0.15) is 5.10 Å². The zero-order valence-electron chi connectivity index (χ0n) is 16.7. The molecule has 2 aromatic heterocycles. The molecule has 0 saturated carbocycles. The first kappa shape index (κ1) is 21.2. The van der Waals surface area contributed by atoms with E-state index in [0.717, 1.165) is 15.7 Å². The Morgan fingerprint density at radius 3 is 2.58 bits per heavy atom. The van der Waals surface area contributed by atoms with Crippen molar-refractivity contribution < 1.29 is 9.53 Å². The molecule has 0 fully saturated rings. The minimum Gasteiger partial charge on any atom is -0.470 e. The van der Waals surface area contributed by atoms with E-state index in [4.69, 9.17) is 16.3 Å². The molecular weight excluding hydrogens is 480 g/mol. The van der Waals surface area contributed by atoms with Crippen LogP contribution in [0.3, 0.4) is 0 Å². The molecular formula is C23H20BrClN4O2. The van der Waals surface area contributed by atoms with Crippen LogP contribution in [-0.2, 0) is 6.73 Å². The van der Waals surface area contributed by atoms with E-state index in [0.29, 0.717) is 16.5 Å². The van der Waals surface area contributed by atoms with Crippen LogP contribution in [0.5, 0.6) is 5.75 Å². The Morgan fingerprint density at radius 1 is 1.13 bits per heavy atom. The molecule has 1 amide bonds. The van der Waals surface area contributed by atoms with Gasteiger partial charge in [-0.1, -0.05) is 39.7 Å². The van der Waals surface area contributed by atoms with Crippen LogP contribution in [0.4, 0.5) is 0 Å². The van der Waals surface area contributed by atoms with Gasteiger partial charge in [-0.25, -0.2) is 4.68 Å². The second-order valence-corrected chi connectivity index (χ2v) is 8.29. The third-order valence-corrected chi connectivity index (χ3v) is 5.55. The summed E-state index contributed by atoms with van der Waals surface area (Å²) in [7, 11) is 0. The number of ether oxygens (including phenoxy) is 1. The van der Waals surface area contributed by atoms with Crippen molar-refractivity contribution >= 4 is 33.4 Å². The first-order valence-corrected chi connectivity index (χ1v) is 10.8. The Bertz CT molecular complexity index is 1170. The Labute approximate surface area is 193 Å². The van der Waals surface area contributed by atoms with Crippen LogP contribution >= 0.6 is 27.5 Å². The number of benzene rings is 2. The molecule has 6 nitrogen and oxygen atoms in total. The van der Waals surface area contributed by atoms with Crippen LogP contribution in [0.1, 0.15) is 29.0 Å². The Kier molecular flexibility index (Phi) is 6.44. The second-order valence-electron chi connectivity index (χ2n) is 6.97. The predicted octanol–water partition coefficient (Wildman–Crippen LogP) is 5.62. The highest BCUT2D eigenvalue weighted by Crippen LogP contribution is 2.27. The Morgan fingerprint density at radius 2 is 1.87 bits per heavy atom. The summed E-state index contributed by atoms with van der Waals surface area (Å²) >= 11 is 9.51. The van der Waals surface area contributed by atoms with Gasteiger partial charge in [0.1, 0.15) is 11.4 Å². The lowest BCUT2D eigenvalue weighted by Crippen LogP contribution is -2.27. The summed E-state index contributed by atoms with van der Waals surface area (Å²) in [4.78, 5) is 12.6. The standard InChI is InChI=1S/C23H20BrClN4O2/c1-16(17-4-7-19(8-5-17)28-11-2-3-12-28)26-23(30)21-10-13-29(27-21)15-31-22-9-6-18(24)14-20(22)25/h2-14,16H,15H2,1H3,(H,26,30). The van der Waals surface area contributed by atoms with Gasteiger partial charge in [0.2, 0.25) is 0 Å². The fourth-order valence-electron chi connectivity index (χ4n) is 3.08. The van der Waals surface area contributed by atoms with Gasteiger partial charge in [-0.3, -0.25) is 4.79 Å². The number of carbonyl (C=O) groups is 1. The summed E-state index contributed by atoms with van der Waals surface area (Å²) in [6, 6.07) is 18.9. The summed E-state index contributed by atoms with van der Waals surface area (Å²) < 4.78 is 10.1. The number of rotatable bonds is 7. The topological polar surface area (TPSA) is 61.1 Å². The highest BCUT2D eigenvalue weighted by molar-refractivity contribution is 9.10. The van der Waals surface area contributed by atoms with Crippen LogP contribution < -0.4 is 10.1 Å². The molecule has 4 rings (SSSR count). The molecule has 0 aliphatic rings. The van der Waals surface area contributed by atoms with Crippen molar-refractivity contribution in [2.24, 2.45) is 0 Å². The van der Waals surface area contributed by atoms with Crippen molar-refractivity contribution in [3.05, 3.63) is 100 Å². The lowest BCUT2D eigenvalue weighted by molar-refractivity contribution is 0.0932. The summed E-state index contributed by atoms with van der Waals surface area (Å²) in [6.45, 7) is 2.09. The van der Waals surface area contributed by atoms with Gasteiger partial charge in [0.25, 0.3) is 5.91 Å². The number of aromatic nitrogens is 3. The third kappa shape index (κ3) is 5.18. The van der Waals surface area contributed by atoms with Gasteiger partial charge < -0.3 is 14.6 Å². The molecule has 0 saturated heterocycles. The highest BCUT2D eigenvalue weighted by atomic mass is 79.9. The highest BCUT2D eigenvalue weighted by Gasteiger charge is 2.14. The molecule has 2 heterocycles. The molecule has 8 heteroatoms. The molecule has 1 N–H and O–H groups in total. The van der Waals surface area contributed by atoms with Gasteiger partial charge in [0, 0.05) is 28.8 Å². The van der Waals surface area contributed by atoms with Crippen LogP contribution in [0, 0.1) is 0 Å². The summed E-state index contributed by atoms with van der Waals surface area (Å²) in [6.07, 6.45) is 5.67. The van der Waals surface area contributed by atoms with E-state index in [1.54, 1.807) is 29.1 Å². The minimum atomic E-state index is -0.248. The van der Waals surface area contributed by atoms with E-state index >= 15 is 0 Å². The quantitative estimate of drug-likeness (QED) is 0.359. The Hall–Kier alpha value is -3.03. The lowest BCUT2D eigenvalue weighted by atomic mass is 10.1. The molecule has 31 heavy (non-hydrogen) atoms. The predicted molar refractivity (Wildman–Crippen MR) is 124 cm³/mol. The van der Waals surface area contributed by atoms with E-state index in [1.165, 1.54) is 0 Å². The summed E-state index contributed by atoms with van der Waals surface area (Å²) in [5.74, 6) is 0.297. The molecule has 0 spiro atoms. The summed E-state index contributed by atoms with van der Waals surface area (Å²) in [5.41, 5.74) is 2.40. The van der Waals surface area contributed by atoms with Gasteiger partial charge >= 0.3 is 0 Å². The molecule has 0 aliphatic heterocycles. The third-order valence-electron chi connectivity index (χ3n) is 4.76. The minimum absolute atomic E-state index is 0.144. The molecule has 0 radical (unpaired) electrons. The molecule has 1 atom stereocenters. The number of carbonyl (C=O) groups excluding carboxylic acids is 1. The SMILES string of the molecule is CC(NC(=O)c1ccn(COc2ccc(Br)cc2Cl)n1)c1ccc(-n2cccc2)cc1. The summed E-state index contributed by atoms with van der Waals surface area (Å²) in [5, 5.41) is 7.77. The number of hydrogen-bond acceptors (Lipinski definition) is 3. The molecule has 0 bridgehead atoms. The lowest BCUT2D eigenvalue weighted by Gasteiger charge is -2.14. The van der Waals surface area contributed by atoms with Crippen molar-refractivity contribution in [3.63, 3.8) is 0 Å². The fourth-order valence-corrected chi connectivity index (χ4v) is 3.81. The van der Waals surface area contributed by atoms with E-state index in [2.05, 4.69) is 26.3 Å². The average Bonchev–Trinajstić information content (AvgIpc) is 3.46. The zero-order chi connectivity index (χ0) is 21.8. The van der Waals surface area contributed by atoms with E-state index in [9.17, 15) is 4.79 Å². The molecule has 2 aromatic carbocycles. The van der Waals surface area contributed by atoms with Crippen LogP contribution in [0.15, 0.2) is 83.7 Å². The number of hydrogen-bond donors (Lipinski definition) is 1. The second kappa shape index (κ2) is 9.41. The van der Waals surface area contributed by atoms with E-state index in [-0.39, 0.29) is 18.7 Å². The van der Waals surface area contributed by atoms with Crippen molar-refractivity contribution in [3.8, 4) is 11.4 Å². The molecule has 4 aromatic rings. The first-order valence-electron chi connectivity index (χ1n) is 9.65. The van der Waals surface area contributed by atoms with Gasteiger partial charge in [0.15, 0.2) is 6.73 Å². The normalized spacial score (nSPS) is 11.8. The molecule has 158 valence electrons. The maximum atomic E-state index is 12.6. The van der Waals surface area contributed by atoms with E-state index < -0.39 is 0 Å². The van der Waals surface area contributed by atoms with Crippen LogP contribution in [-0.4, -0.2) is 20.3 Å². The number of amides is 1. The number of nitrogens with one attached hydrogen (secondary N) is 1. The monoisotopic (exact) mass is 498 g/mol. The van der Waals surface area contributed by atoms with Gasteiger partial charge in [0.05, 0.1) is 11.1 Å². The van der Waals surface area contributed by atoms with Gasteiger partial charge in [-0.05, 0) is 61.0 Å². The smallest absolute Gasteiger partial charge is 0.272 e. The van der Waals surface area contributed by atoms with Crippen LogP contribution in [0.25, 0.3) is 5.69 Å². The average molecular weight is 500 g/mol. The van der Waals surface area contributed by atoms with E-state index in [1.807, 2.05) is 66.3 Å². The van der Waals surface area contributed by atoms with Crippen molar-refractivity contribution in [1.29, 1.82) is 0 Å². The van der Waals surface area contributed by atoms with Gasteiger partial charge in [-0.15, -0.1) is 0 Å². The maximum Gasteiger partial charge on any atom is 0.272 e. The zero-order valence-corrected chi connectivity index (χ0v) is 19.0. The fraction of sp³-hybridized carbons (Fsp3) is 0.130.